The Bertz CT molecular complexity index is 699. The fourth-order valence-electron chi connectivity index (χ4n) is 1.85. The zero-order valence-electron chi connectivity index (χ0n) is 12.4. The lowest BCUT2D eigenvalue weighted by Gasteiger charge is -2.02. The van der Waals surface area contributed by atoms with Gasteiger partial charge in [0, 0.05) is 13.8 Å². The molecule has 2 aromatic rings. The second kappa shape index (κ2) is 7.22. The highest BCUT2D eigenvalue weighted by Crippen LogP contribution is 2.17. The molecule has 22 heavy (non-hydrogen) atoms. The quantitative estimate of drug-likeness (QED) is 0.490. The fraction of sp³-hybridized carbons (Fsp3) is 0.111. The van der Waals surface area contributed by atoms with Gasteiger partial charge in [0.15, 0.2) is 0 Å². The topological polar surface area (TPSA) is 52.6 Å². The molecule has 0 saturated carbocycles. The standard InChI is InChI=1S/C18H16O4/c1-13(19)21-17-10-8-15(9-11-17)6-7-16-4-3-5-18(12-16)22-14(2)20/h3-12H,1-2H3/b7-6+. The molecule has 0 spiro atoms. The number of carbonyl (C=O) groups is 2. The molecule has 0 aliphatic carbocycles. The molecule has 0 atom stereocenters. The first-order chi connectivity index (χ1) is 10.5. The number of esters is 2. The molecule has 112 valence electrons. The van der Waals surface area contributed by atoms with Crippen molar-refractivity contribution in [2.24, 2.45) is 0 Å². The molecule has 0 amide bonds. The van der Waals surface area contributed by atoms with Gasteiger partial charge in [-0.25, -0.2) is 0 Å². The number of carbonyl (C=O) groups excluding carboxylic acids is 2. The van der Waals surface area contributed by atoms with Crippen molar-refractivity contribution in [1.82, 2.24) is 0 Å². The Hall–Kier alpha value is -2.88. The monoisotopic (exact) mass is 296 g/mol. The van der Waals surface area contributed by atoms with Crippen molar-refractivity contribution in [3.63, 3.8) is 0 Å². The van der Waals surface area contributed by atoms with Crippen molar-refractivity contribution in [3.05, 3.63) is 59.7 Å². The number of hydrogen-bond acceptors (Lipinski definition) is 4. The second-order valence-electron chi connectivity index (χ2n) is 4.66. The Labute approximate surface area is 129 Å². The van der Waals surface area contributed by atoms with Crippen molar-refractivity contribution in [2.75, 3.05) is 0 Å². The summed E-state index contributed by atoms with van der Waals surface area (Å²) in [4.78, 5) is 21.8. The summed E-state index contributed by atoms with van der Waals surface area (Å²) in [6.45, 7) is 2.73. The van der Waals surface area contributed by atoms with Crippen LogP contribution in [0.5, 0.6) is 11.5 Å². The average molecular weight is 296 g/mol. The summed E-state index contributed by atoms with van der Waals surface area (Å²) >= 11 is 0. The Kier molecular flexibility index (Phi) is 5.09. The molecule has 2 aromatic carbocycles. The van der Waals surface area contributed by atoms with Gasteiger partial charge in [-0.05, 0) is 35.4 Å². The molecule has 0 aliphatic heterocycles. The van der Waals surface area contributed by atoms with Crippen LogP contribution >= 0.6 is 0 Å². The van der Waals surface area contributed by atoms with Crippen LogP contribution in [0.2, 0.25) is 0 Å². The van der Waals surface area contributed by atoms with E-state index in [1.165, 1.54) is 13.8 Å². The van der Waals surface area contributed by atoms with Crippen molar-refractivity contribution < 1.29 is 19.1 Å². The first-order valence-corrected chi connectivity index (χ1v) is 6.78. The predicted octanol–water partition coefficient (Wildman–Crippen LogP) is 3.71. The molecule has 0 heterocycles. The zero-order chi connectivity index (χ0) is 15.9. The van der Waals surface area contributed by atoms with Crippen LogP contribution in [0, 0.1) is 0 Å². The van der Waals surface area contributed by atoms with E-state index in [4.69, 9.17) is 9.47 Å². The molecule has 2 rings (SSSR count). The van der Waals surface area contributed by atoms with E-state index in [1.54, 1.807) is 24.3 Å². The van der Waals surface area contributed by atoms with Crippen LogP contribution in [0.25, 0.3) is 12.2 Å². The van der Waals surface area contributed by atoms with Crippen LogP contribution in [-0.4, -0.2) is 11.9 Å². The van der Waals surface area contributed by atoms with Crippen molar-refractivity contribution in [2.45, 2.75) is 13.8 Å². The highest BCUT2D eigenvalue weighted by molar-refractivity contribution is 5.73. The SMILES string of the molecule is CC(=O)Oc1ccc(/C=C/c2cccc(OC(C)=O)c2)cc1. The summed E-state index contributed by atoms with van der Waals surface area (Å²) in [5, 5.41) is 0. The lowest BCUT2D eigenvalue weighted by Crippen LogP contribution is -2.01. The van der Waals surface area contributed by atoms with Crippen LogP contribution in [0.4, 0.5) is 0 Å². The van der Waals surface area contributed by atoms with Gasteiger partial charge in [0.25, 0.3) is 0 Å². The summed E-state index contributed by atoms with van der Waals surface area (Å²) in [6, 6.07) is 14.4. The maximum atomic E-state index is 10.9. The lowest BCUT2D eigenvalue weighted by molar-refractivity contribution is -0.132. The molecule has 0 saturated heterocycles. The first-order valence-electron chi connectivity index (χ1n) is 6.78. The molecule has 0 radical (unpaired) electrons. The maximum Gasteiger partial charge on any atom is 0.308 e. The molecule has 4 nitrogen and oxygen atoms in total. The van der Waals surface area contributed by atoms with Gasteiger partial charge in [-0.1, -0.05) is 36.4 Å². The Morgan fingerprint density at radius 3 is 2.00 bits per heavy atom. The third-order valence-electron chi connectivity index (χ3n) is 2.73. The minimum absolute atomic E-state index is 0.342. The van der Waals surface area contributed by atoms with Gasteiger partial charge in [0.2, 0.25) is 0 Å². The Balaban J connectivity index is 2.08. The summed E-state index contributed by atoms with van der Waals surface area (Å²) < 4.78 is 10.0. The maximum absolute atomic E-state index is 10.9. The van der Waals surface area contributed by atoms with Gasteiger partial charge in [0.05, 0.1) is 0 Å². The molecule has 0 unspecified atom stereocenters. The number of rotatable bonds is 4. The normalized spacial score (nSPS) is 10.5. The lowest BCUT2D eigenvalue weighted by atomic mass is 10.1. The summed E-state index contributed by atoms with van der Waals surface area (Å²) in [5.74, 6) is 0.342. The summed E-state index contributed by atoms with van der Waals surface area (Å²) in [6.07, 6.45) is 3.83. The van der Waals surface area contributed by atoms with Crippen LogP contribution < -0.4 is 9.47 Å². The van der Waals surface area contributed by atoms with E-state index >= 15 is 0 Å². The molecule has 4 heteroatoms. The summed E-state index contributed by atoms with van der Waals surface area (Å²) in [7, 11) is 0. The number of hydrogen-bond donors (Lipinski definition) is 0. The van der Waals surface area contributed by atoms with Gasteiger partial charge in [0.1, 0.15) is 11.5 Å². The van der Waals surface area contributed by atoms with E-state index < -0.39 is 0 Å². The van der Waals surface area contributed by atoms with Crippen molar-refractivity contribution in [3.8, 4) is 11.5 Å². The van der Waals surface area contributed by atoms with E-state index in [1.807, 2.05) is 36.4 Å². The molecule has 0 aromatic heterocycles. The van der Waals surface area contributed by atoms with Crippen molar-refractivity contribution >= 4 is 24.1 Å². The molecule has 0 aliphatic rings. The van der Waals surface area contributed by atoms with E-state index in [9.17, 15) is 9.59 Å². The summed E-state index contributed by atoms with van der Waals surface area (Å²) in [5.41, 5.74) is 1.89. The third kappa shape index (κ3) is 4.90. The molecule has 0 fully saturated rings. The van der Waals surface area contributed by atoms with Gasteiger partial charge in [-0.2, -0.15) is 0 Å². The average Bonchev–Trinajstić information content (AvgIpc) is 2.46. The highest BCUT2D eigenvalue weighted by atomic mass is 16.5. The zero-order valence-corrected chi connectivity index (χ0v) is 12.4. The van der Waals surface area contributed by atoms with E-state index in [0.29, 0.717) is 11.5 Å². The molecular weight excluding hydrogens is 280 g/mol. The minimum atomic E-state index is -0.345. The van der Waals surface area contributed by atoms with Crippen molar-refractivity contribution in [1.29, 1.82) is 0 Å². The van der Waals surface area contributed by atoms with Gasteiger partial charge < -0.3 is 9.47 Å². The first kappa shape index (κ1) is 15.5. The number of benzene rings is 2. The molecule has 0 bridgehead atoms. The van der Waals surface area contributed by atoms with Crippen LogP contribution in [0.1, 0.15) is 25.0 Å². The van der Waals surface area contributed by atoms with E-state index in [2.05, 4.69) is 0 Å². The van der Waals surface area contributed by atoms with E-state index in [0.717, 1.165) is 11.1 Å². The van der Waals surface area contributed by atoms with Crippen LogP contribution in [0.15, 0.2) is 48.5 Å². The Morgan fingerprint density at radius 2 is 1.36 bits per heavy atom. The smallest absolute Gasteiger partial charge is 0.308 e. The van der Waals surface area contributed by atoms with Crippen LogP contribution in [0.3, 0.4) is 0 Å². The van der Waals surface area contributed by atoms with E-state index in [-0.39, 0.29) is 11.9 Å². The highest BCUT2D eigenvalue weighted by Gasteiger charge is 1.99. The van der Waals surface area contributed by atoms with Gasteiger partial charge in [-0.15, -0.1) is 0 Å². The van der Waals surface area contributed by atoms with Gasteiger partial charge >= 0.3 is 11.9 Å². The Morgan fingerprint density at radius 1 is 0.773 bits per heavy atom. The fourth-order valence-corrected chi connectivity index (χ4v) is 1.85. The van der Waals surface area contributed by atoms with Crippen LogP contribution in [-0.2, 0) is 9.59 Å². The minimum Gasteiger partial charge on any atom is -0.427 e. The van der Waals surface area contributed by atoms with Gasteiger partial charge in [-0.3, -0.25) is 9.59 Å². The second-order valence-corrected chi connectivity index (χ2v) is 4.66. The molecule has 0 N–H and O–H groups in total. The predicted molar refractivity (Wildman–Crippen MR) is 84.4 cm³/mol. The largest absolute Gasteiger partial charge is 0.427 e. The number of ether oxygens (including phenoxy) is 2. The third-order valence-corrected chi connectivity index (χ3v) is 2.73. The molecular formula is C18H16O4.